The highest BCUT2D eigenvalue weighted by Crippen LogP contribution is 2.24. The summed E-state index contributed by atoms with van der Waals surface area (Å²) >= 11 is 5.81. The van der Waals surface area contributed by atoms with Gasteiger partial charge in [-0.25, -0.2) is 0 Å². The largest absolute Gasteiger partial charge is 0.406 e. The van der Waals surface area contributed by atoms with Crippen molar-refractivity contribution in [3.05, 3.63) is 28.8 Å². The normalized spacial score (nSPS) is 11.3. The number of aliphatic hydroxyl groups excluding tert-OH is 1. The molecule has 0 aliphatic rings. The second-order valence-electron chi connectivity index (χ2n) is 4.29. The van der Waals surface area contributed by atoms with Crippen LogP contribution < -0.4 is 5.32 Å². The van der Waals surface area contributed by atoms with E-state index in [4.69, 9.17) is 16.7 Å². The molecule has 0 saturated carbocycles. The number of rotatable bonds is 6. The third-order valence-electron chi connectivity index (χ3n) is 2.61. The molecule has 1 aromatic carbocycles. The Morgan fingerprint density at radius 3 is 2.62 bits per heavy atom. The van der Waals surface area contributed by atoms with Crippen LogP contribution in [0.25, 0.3) is 0 Å². The summed E-state index contributed by atoms with van der Waals surface area (Å²) in [6.07, 6.45) is -4.54. The average Bonchev–Trinajstić information content (AvgIpc) is 2.38. The van der Waals surface area contributed by atoms with Crippen LogP contribution in [0.1, 0.15) is 17.3 Å². The Labute approximate surface area is 125 Å². The van der Waals surface area contributed by atoms with Crippen LogP contribution >= 0.6 is 11.6 Å². The fourth-order valence-corrected chi connectivity index (χ4v) is 1.97. The first-order valence-corrected chi connectivity index (χ1v) is 6.66. The monoisotopic (exact) mass is 324 g/mol. The Morgan fingerprint density at radius 2 is 2.10 bits per heavy atom. The molecule has 0 heterocycles. The lowest BCUT2D eigenvalue weighted by molar-refractivity contribution is -0.141. The molecular weight excluding hydrogens is 309 g/mol. The number of aliphatic hydroxyl groups is 1. The smallest absolute Gasteiger partial charge is 0.395 e. The average molecular weight is 325 g/mol. The number of amides is 1. The standard InChI is InChI=1S/C13H16ClF3N2O2/c1-2-18-11-4-3-9(14)7-10(11)12(21)19(5-6-20)8-13(15,16)17/h3-4,7,18,20H,2,5-6,8H2,1H3. The van der Waals surface area contributed by atoms with Gasteiger partial charge in [0.15, 0.2) is 0 Å². The van der Waals surface area contributed by atoms with Gasteiger partial charge in [0.2, 0.25) is 0 Å². The first kappa shape index (κ1) is 17.6. The van der Waals surface area contributed by atoms with E-state index in [9.17, 15) is 18.0 Å². The predicted molar refractivity (Wildman–Crippen MR) is 74.7 cm³/mol. The summed E-state index contributed by atoms with van der Waals surface area (Å²) in [5, 5.41) is 12.0. The van der Waals surface area contributed by atoms with Gasteiger partial charge < -0.3 is 15.3 Å². The first-order valence-electron chi connectivity index (χ1n) is 6.28. The second-order valence-corrected chi connectivity index (χ2v) is 4.72. The molecule has 0 unspecified atom stereocenters. The van der Waals surface area contributed by atoms with Crippen LogP contribution in [-0.4, -0.2) is 48.3 Å². The molecule has 2 N–H and O–H groups in total. The van der Waals surface area contributed by atoms with Gasteiger partial charge in [-0.05, 0) is 25.1 Å². The molecule has 0 radical (unpaired) electrons. The maximum atomic E-state index is 12.5. The van der Waals surface area contributed by atoms with E-state index in [-0.39, 0.29) is 10.6 Å². The van der Waals surface area contributed by atoms with E-state index >= 15 is 0 Å². The van der Waals surface area contributed by atoms with Gasteiger partial charge in [0.25, 0.3) is 5.91 Å². The third-order valence-corrected chi connectivity index (χ3v) is 2.84. The van der Waals surface area contributed by atoms with Crippen molar-refractivity contribution >= 4 is 23.2 Å². The lowest BCUT2D eigenvalue weighted by Crippen LogP contribution is -2.40. The number of carbonyl (C=O) groups is 1. The number of hydrogen-bond donors (Lipinski definition) is 2. The highest BCUT2D eigenvalue weighted by Gasteiger charge is 2.33. The molecule has 4 nitrogen and oxygen atoms in total. The topological polar surface area (TPSA) is 52.6 Å². The van der Waals surface area contributed by atoms with Gasteiger partial charge in [0.05, 0.1) is 12.2 Å². The van der Waals surface area contributed by atoms with Crippen molar-refractivity contribution in [3.8, 4) is 0 Å². The molecule has 0 aliphatic heterocycles. The molecule has 0 aromatic heterocycles. The van der Waals surface area contributed by atoms with Crippen LogP contribution in [0.5, 0.6) is 0 Å². The summed E-state index contributed by atoms with van der Waals surface area (Å²) in [6.45, 7) is -0.0922. The molecule has 0 bridgehead atoms. The van der Waals surface area contributed by atoms with Gasteiger partial charge in [-0.2, -0.15) is 13.2 Å². The van der Waals surface area contributed by atoms with Gasteiger partial charge >= 0.3 is 6.18 Å². The van der Waals surface area contributed by atoms with E-state index in [0.29, 0.717) is 17.1 Å². The van der Waals surface area contributed by atoms with Crippen molar-refractivity contribution in [2.45, 2.75) is 13.1 Å². The Morgan fingerprint density at radius 1 is 1.43 bits per heavy atom. The summed E-state index contributed by atoms with van der Waals surface area (Å²) in [7, 11) is 0. The van der Waals surface area contributed by atoms with E-state index in [0.717, 1.165) is 0 Å². The zero-order valence-corrected chi connectivity index (χ0v) is 12.1. The van der Waals surface area contributed by atoms with Crippen molar-refractivity contribution < 1.29 is 23.1 Å². The summed E-state index contributed by atoms with van der Waals surface area (Å²) in [4.78, 5) is 12.8. The Hall–Kier alpha value is -1.47. The summed E-state index contributed by atoms with van der Waals surface area (Å²) in [5.74, 6) is -0.833. The summed E-state index contributed by atoms with van der Waals surface area (Å²) in [5.41, 5.74) is 0.444. The number of alkyl halides is 3. The van der Waals surface area contributed by atoms with Gasteiger partial charge in [0, 0.05) is 23.8 Å². The molecule has 0 aliphatic carbocycles. The number of nitrogens with one attached hydrogen (secondary N) is 1. The molecule has 0 saturated heterocycles. The SMILES string of the molecule is CCNc1ccc(Cl)cc1C(=O)N(CCO)CC(F)(F)F. The molecule has 0 atom stereocenters. The summed E-state index contributed by atoms with van der Waals surface area (Å²) < 4.78 is 37.5. The maximum absolute atomic E-state index is 12.5. The number of hydrogen-bond acceptors (Lipinski definition) is 3. The van der Waals surface area contributed by atoms with Crippen molar-refractivity contribution in [1.82, 2.24) is 4.90 Å². The highest BCUT2D eigenvalue weighted by molar-refractivity contribution is 6.31. The molecule has 118 valence electrons. The van der Waals surface area contributed by atoms with E-state index in [1.54, 1.807) is 6.92 Å². The minimum absolute atomic E-state index is 0.0436. The van der Waals surface area contributed by atoms with E-state index in [2.05, 4.69) is 5.32 Å². The number of carbonyl (C=O) groups excluding carboxylic acids is 1. The number of anilines is 1. The maximum Gasteiger partial charge on any atom is 0.406 e. The van der Waals surface area contributed by atoms with E-state index < -0.39 is 31.8 Å². The minimum atomic E-state index is -4.54. The van der Waals surface area contributed by atoms with Crippen molar-refractivity contribution in [3.63, 3.8) is 0 Å². The van der Waals surface area contributed by atoms with Crippen LogP contribution in [0, 0.1) is 0 Å². The molecule has 1 aromatic rings. The number of halogens is 4. The van der Waals surface area contributed by atoms with Crippen molar-refractivity contribution in [2.24, 2.45) is 0 Å². The molecule has 1 rings (SSSR count). The Bertz CT molecular complexity index is 495. The molecule has 21 heavy (non-hydrogen) atoms. The highest BCUT2D eigenvalue weighted by atomic mass is 35.5. The molecule has 8 heteroatoms. The van der Waals surface area contributed by atoms with Gasteiger partial charge in [-0.3, -0.25) is 4.79 Å². The molecule has 1 amide bonds. The molecular formula is C13H16ClF3N2O2. The van der Waals surface area contributed by atoms with Crippen LogP contribution in [0.4, 0.5) is 18.9 Å². The Balaban J connectivity index is 3.10. The molecule has 0 fully saturated rings. The third kappa shape index (κ3) is 5.43. The fourth-order valence-electron chi connectivity index (χ4n) is 1.80. The van der Waals surface area contributed by atoms with Crippen LogP contribution in [-0.2, 0) is 0 Å². The van der Waals surface area contributed by atoms with Crippen molar-refractivity contribution in [2.75, 3.05) is 31.6 Å². The van der Waals surface area contributed by atoms with Gasteiger partial charge in [-0.1, -0.05) is 11.6 Å². The zero-order valence-electron chi connectivity index (χ0n) is 11.4. The van der Waals surface area contributed by atoms with Crippen LogP contribution in [0.15, 0.2) is 18.2 Å². The quantitative estimate of drug-likeness (QED) is 0.846. The first-order chi connectivity index (χ1) is 9.78. The fraction of sp³-hybridized carbons (Fsp3) is 0.462. The van der Waals surface area contributed by atoms with Crippen molar-refractivity contribution in [1.29, 1.82) is 0 Å². The van der Waals surface area contributed by atoms with Gasteiger partial charge in [0.1, 0.15) is 6.54 Å². The van der Waals surface area contributed by atoms with Crippen LogP contribution in [0.3, 0.4) is 0 Å². The van der Waals surface area contributed by atoms with E-state index in [1.807, 2.05) is 0 Å². The van der Waals surface area contributed by atoms with Crippen LogP contribution in [0.2, 0.25) is 5.02 Å². The number of nitrogens with zero attached hydrogens (tertiary/aromatic N) is 1. The van der Waals surface area contributed by atoms with E-state index in [1.165, 1.54) is 18.2 Å². The second kappa shape index (κ2) is 7.51. The Kier molecular flexibility index (Phi) is 6.29. The van der Waals surface area contributed by atoms with Gasteiger partial charge in [-0.15, -0.1) is 0 Å². The lowest BCUT2D eigenvalue weighted by atomic mass is 10.1. The zero-order chi connectivity index (χ0) is 16.0. The molecule has 0 spiro atoms. The summed E-state index contributed by atoms with van der Waals surface area (Å²) in [6, 6.07) is 4.38. The number of benzene rings is 1. The minimum Gasteiger partial charge on any atom is -0.395 e. The lowest BCUT2D eigenvalue weighted by Gasteiger charge is -2.24. The predicted octanol–water partition coefficient (Wildman–Crippen LogP) is 2.77.